The molecule has 146 valence electrons. The Labute approximate surface area is 169 Å². The molecule has 3 aromatic rings. The minimum Gasteiger partial charge on any atom is -0.435 e. The predicted octanol–water partition coefficient (Wildman–Crippen LogP) is 2.08. The van der Waals surface area contributed by atoms with Gasteiger partial charge in [0.1, 0.15) is 0 Å². The molecule has 2 aromatic carbocycles. The van der Waals surface area contributed by atoms with E-state index in [-0.39, 0.29) is 0 Å². The maximum Gasteiger partial charge on any atom is 0.250 e. The van der Waals surface area contributed by atoms with Crippen LogP contribution in [-0.2, 0) is 16.6 Å². The molecular formula is C20H21ClN3O3S+. The molecular weight excluding hydrogens is 398 g/mol. The van der Waals surface area contributed by atoms with E-state index in [1.165, 1.54) is 4.90 Å². The number of benzene rings is 2. The van der Waals surface area contributed by atoms with E-state index in [1.54, 1.807) is 34.8 Å². The first-order valence-corrected chi connectivity index (χ1v) is 10.9. The van der Waals surface area contributed by atoms with E-state index in [0.717, 1.165) is 5.56 Å². The number of piperazine rings is 1. The van der Waals surface area contributed by atoms with Gasteiger partial charge in [-0.25, -0.2) is 13.4 Å². The second-order valence-electron chi connectivity index (χ2n) is 6.77. The van der Waals surface area contributed by atoms with Gasteiger partial charge in [0.2, 0.25) is 10.0 Å². The number of nitrogens with zero attached hydrogens (tertiary/aromatic N) is 2. The third-order valence-corrected chi connectivity index (χ3v) is 7.06. The van der Waals surface area contributed by atoms with Gasteiger partial charge in [-0.15, -0.1) is 0 Å². The summed E-state index contributed by atoms with van der Waals surface area (Å²) in [7, 11) is -3.42. The van der Waals surface area contributed by atoms with Crippen LogP contribution in [0.2, 0.25) is 5.02 Å². The van der Waals surface area contributed by atoms with Crippen molar-refractivity contribution >= 4 is 21.6 Å². The molecule has 1 saturated heterocycles. The maximum atomic E-state index is 12.7. The number of oxazole rings is 1. The van der Waals surface area contributed by atoms with E-state index in [9.17, 15) is 8.42 Å². The molecule has 0 saturated carbocycles. The van der Waals surface area contributed by atoms with E-state index in [1.807, 2.05) is 30.3 Å². The van der Waals surface area contributed by atoms with Gasteiger partial charge >= 0.3 is 0 Å². The fourth-order valence-electron chi connectivity index (χ4n) is 3.31. The third-order valence-electron chi connectivity index (χ3n) is 4.89. The Morgan fingerprint density at radius 3 is 2.39 bits per heavy atom. The third kappa shape index (κ3) is 4.12. The van der Waals surface area contributed by atoms with Crippen LogP contribution in [0.5, 0.6) is 0 Å². The second-order valence-corrected chi connectivity index (χ2v) is 9.14. The van der Waals surface area contributed by atoms with Gasteiger partial charge in [0.25, 0.3) is 5.89 Å². The van der Waals surface area contributed by atoms with E-state index in [0.29, 0.717) is 54.3 Å². The number of hydrogen-bond donors (Lipinski definition) is 1. The normalized spacial score (nSPS) is 16.3. The van der Waals surface area contributed by atoms with Gasteiger partial charge in [0, 0.05) is 10.6 Å². The highest BCUT2D eigenvalue weighted by molar-refractivity contribution is 7.89. The Hall–Kier alpha value is -2.19. The topological polar surface area (TPSA) is 67.8 Å². The van der Waals surface area contributed by atoms with E-state index < -0.39 is 10.0 Å². The summed E-state index contributed by atoms with van der Waals surface area (Å²) in [6.45, 7) is 3.02. The van der Waals surface area contributed by atoms with Crippen LogP contribution in [0.1, 0.15) is 5.89 Å². The maximum absolute atomic E-state index is 12.7. The summed E-state index contributed by atoms with van der Waals surface area (Å²) in [6.07, 6.45) is 1.72. The molecule has 0 amide bonds. The quantitative estimate of drug-likeness (QED) is 0.689. The van der Waals surface area contributed by atoms with Crippen molar-refractivity contribution in [1.82, 2.24) is 9.29 Å². The van der Waals surface area contributed by atoms with Crippen molar-refractivity contribution in [3.63, 3.8) is 0 Å². The predicted molar refractivity (Wildman–Crippen MR) is 107 cm³/mol. The monoisotopic (exact) mass is 418 g/mol. The average Bonchev–Trinajstić information content (AvgIpc) is 3.18. The molecule has 6 nitrogen and oxygen atoms in total. The summed E-state index contributed by atoms with van der Waals surface area (Å²) >= 11 is 5.92. The molecule has 0 atom stereocenters. The van der Waals surface area contributed by atoms with E-state index in [2.05, 4.69) is 4.98 Å². The number of nitrogens with one attached hydrogen (secondary N) is 1. The molecule has 0 spiro atoms. The first-order chi connectivity index (χ1) is 13.5. The minimum atomic E-state index is -3.42. The molecule has 4 rings (SSSR count). The van der Waals surface area contributed by atoms with Crippen LogP contribution in [0.4, 0.5) is 0 Å². The van der Waals surface area contributed by atoms with Crippen LogP contribution in [0.3, 0.4) is 0 Å². The van der Waals surface area contributed by atoms with Gasteiger partial charge in [-0.2, -0.15) is 4.31 Å². The lowest BCUT2D eigenvalue weighted by Crippen LogP contribution is -3.13. The minimum absolute atomic E-state index is 0.346. The van der Waals surface area contributed by atoms with Gasteiger partial charge in [0.05, 0.1) is 37.3 Å². The summed E-state index contributed by atoms with van der Waals surface area (Å²) in [4.78, 5) is 5.97. The highest BCUT2D eigenvalue weighted by Crippen LogP contribution is 2.22. The molecule has 1 fully saturated rings. The van der Waals surface area contributed by atoms with Crippen molar-refractivity contribution in [2.45, 2.75) is 11.4 Å². The highest BCUT2D eigenvalue weighted by Gasteiger charge is 2.30. The van der Waals surface area contributed by atoms with Crippen LogP contribution in [0.15, 0.2) is 70.1 Å². The number of quaternary nitrogens is 1. The molecule has 1 aliphatic rings. The molecule has 0 radical (unpaired) electrons. The fraction of sp³-hybridized carbons (Fsp3) is 0.250. The molecule has 8 heteroatoms. The zero-order valence-electron chi connectivity index (χ0n) is 15.2. The Morgan fingerprint density at radius 1 is 1.04 bits per heavy atom. The fourth-order valence-corrected chi connectivity index (χ4v) is 4.90. The first kappa shape index (κ1) is 19.1. The van der Waals surface area contributed by atoms with Crippen molar-refractivity contribution in [3.05, 3.63) is 71.7 Å². The van der Waals surface area contributed by atoms with Gasteiger partial charge in [-0.3, -0.25) is 0 Å². The van der Waals surface area contributed by atoms with Crippen molar-refractivity contribution < 1.29 is 17.7 Å². The molecule has 0 unspecified atom stereocenters. The summed E-state index contributed by atoms with van der Waals surface area (Å²) in [5, 5.41) is 0.677. The summed E-state index contributed by atoms with van der Waals surface area (Å²) in [6, 6.07) is 16.0. The summed E-state index contributed by atoms with van der Waals surface area (Å²) in [5.74, 6) is 1.36. The molecule has 0 bridgehead atoms. The summed E-state index contributed by atoms with van der Waals surface area (Å²) < 4.78 is 32.9. The number of aromatic nitrogens is 1. The lowest BCUT2D eigenvalue weighted by molar-refractivity contribution is -0.918. The standard InChI is InChI=1S/C20H20ClN3O3S/c21-17-8-6-16(7-9-17)19-14-22-20(27-19)15-23-10-12-24(13-11-23)28(25,26)18-4-2-1-3-5-18/h1-9,14H,10-13,15H2/p+1. The first-order valence-electron chi connectivity index (χ1n) is 9.12. The van der Waals surface area contributed by atoms with Crippen molar-refractivity contribution in [2.24, 2.45) is 0 Å². The van der Waals surface area contributed by atoms with Crippen LogP contribution in [0, 0.1) is 0 Å². The highest BCUT2D eigenvalue weighted by atomic mass is 35.5. The van der Waals surface area contributed by atoms with Crippen LogP contribution >= 0.6 is 11.6 Å². The molecule has 1 aliphatic heterocycles. The molecule has 1 N–H and O–H groups in total. The van der Waals surface area contributed by atoms with Crippen molar-refractivity contribution in [1.29, 1.82) is 0 Å². The van der Waals surface area contributed by atoms with Gasteiger partial charge < -0.3 is 9.32 Å². The smallest absolute Gasteiger partial charge is 0.250 e. The Morgan fingerprint density at radius 2 is 1.71 bits per heavy atom. The van der Waals surface area contributed by atoms with Gasteiger partial charge in [-0.1, -0.05) is 29.8 Å². The Kier molecular flexibility index (Phi) is 5.50. The zero-order valence-corrected chi connectivity index (χ0v) is 16.8. The molecule has 0 aliphatic carbocycles. The van der Waals surface area contributed by atoms with Crippen LogP contribution in [-0.4, -0.2) is 43.9 Å². The number of hydrogen-bond acceptors (Lipinski definition) is 4. The summed E-state index contributed by atoms with van der Waals surface area (Å²) in [5.41, 5.74) is 0.928. The number of sulfonamides is 1. The lowest BCUT2D eigenvalue weighted by atomic mass is 10.2. The second kappa shape index (κ2) is 8.05. The molecule has 2 heterocycles. The molecule has 1 aromatic heterocycles. The van der Waals surface area contributed by atoms with Crippen LogP contribution < -0.4 is 4.90 Å². The SMILES string of the molecule is O=S(=O)(c1ccccc1)N1CC[NH+](Cc2ncc(-c3ccc(Cl)cc3)o2)CC1. The van der Waals surface area contributed by atoms with E-state index in [4.69, 9.17) is 16.0 Å². The van der Waals surface area contributed by atoms with Crippen molar-refractivity contribution in [3.8, 4) is 11.3 Å². The van der Waals surface area contributed by atoms with Crippen molar-refractivity contribution in [2.75, 3.05) is 26.2 Å². The molecule has 28 heavy (non-hydrogen) atoms. The Bertz CT molecular complexity index is 1030. The number of rotatable bonds is 5. The van der Waals surface area contributed by atoms with Crippen LogP contribution in [0.25, 0.3) is 11.3 Å². The lowest BCUT2D eigenvalue weighted by Gasteiger charge is -2.30. The number of halogens is 1. The van der Waals surface area contributed by atoms with E-state index >= 15 is 0 Å². The van der Waals surface area contributed by atoms with Gasteiger partial charge in [-0.05, 0) is 36.4 Å². The van der Waals surface area contributed by atoms with Gasteiger partial charge in [0.15, 0.2) is 12.3 Å². The Balaban J connectivity index is 1.37. The average molecular weight is 419 g/mol. The zero-order chi connectivity index (χ0) is 19.6. The largest absolute Gasteiger partial charge is 0.435 e.